The Balaban J connectivity index is 1.54. The number of imidazole rings is 1. The van der Waals surface area contributed by atoms with Crippen molar-refractivity contribution in [3.63, 3.8) is 0 Å². The highest BCUT2D eigenvalue weighted by molar-refractivity contribution is 5.93. The van der Waals surface area contributed by atoms with Crippen LogP contribution >= 0.6 is 0 Å². The summed E-state index contributed by atoms with van der Waals surface area (Å²) in [7, 11) is 0. The SMILES string of the molecule is CC1(C)N(c2ccccc2-c2ccccc2)c2nc3c(-c4ccccc4)nc(-c4ccccc4)nc3n2C1(C)C. The second-order valence-electron chi connectivity index (χ2n) is 11.4. The van der Waals surface area contributed by atoms with E-state index >= 15 is 0 Å². The fourth-order valence-electron chi connectivity index (χ4n) is 5.86. The highest BCUT2D eigenvalue weighted by atomic mass is 15.5. The zero-order valence-electron chi connectivity index (χ0n) is 23.2. The topological polar surface area (TPSA) is 46.8 Å². The Hall–Kier alpha value is -4.77. The van der Waals surface area contributed by atoms with Crippen LogP contribution in [0.25, 0.3) is 44.9 Å². The molecule has 0 unspecified atom stereocenters. The molecule has 0 aliphatic carbocycles. The van der Waals surface area contributed by atoms with Crippen LogP contribution in [0.2, 0.25) is 0 Å². The van der Waals surface area contributed by atoms with Crippen LogP contribution in [0.3, 0.4) is 0 Å². The van der Waals surface area contributed by atoms with Gasteiger partial charge in [0.25, 0.3) is 0 Å². The Labute approximate surface area is 234 Å². The Morgan fingerprint density at radius 3 is 1.73 bits per heavy atom. The van der Waals surface area contributed by atoms with Gasteiger partial charge in [0.05, 0.1) is 16.8 Å². The predicted molar refractivity (Wildman–Crippen MR) is 164 cm³/mol. The first-order valence-corrected chi connectivity index (χ1v) is 13.7. The van der Waals surface area contributed by atoms with Crippen molar-refractivity contribution < 1.29 is 0 Å². The van der Waals surface area contributed by atoms with E-state index in [2.05, 4.69) is 116 Å². The molecule has 4 aromatic carbocycles. The Bertz CT molecular complexity index is 1840. The van der Waals surface area contributed by atoms with E-state index in [1.54, 1.807) is 0 Å². The highest BCUT2D eigenvalue weighted by Crippen LogP contribution is 2.53. The van der Waals surface area contributed by atoms with E-state index < -0.39 is 0 Å². The number of hydrogen-bond donors (Lipinski definition) is 0. The first kappa shape index (κ1) is 24.3. The summed E-state index contributed by atoms with van der Waals surface area (Å²) in [5, 5.41) is 0. The molecule has 3 heterocycles. The lowest BCUT2D eigenvalue weighted by Gasteiger charge is -2.42. The zero-order valence-corrected chi connectivity index (χ0v) is 23.2. The molecule has 0 fully saturated rings. The first-order chi connectivity index (χ1) is 19.4. The van der Waals surface area contributed by atoms with Crippen molar-refractivity contribution in [3.8, 4) is 33.8 Å². The molecule has 1 aliphatic rings. The van der Waals surface area contributed by atoms with Gasteiger partial charge in [0.15, 0.2) is 11.5 Å². The van der Waals surface area contributed by atoms with E-state index in [0.29, 0.717) is 5.82 Å². The van der Waals surface area contributed by atoms with Crippen molar-refractivity contribution in [2.24, 2.45) is 0 Å². The number of para-hydroxylation sites is 1. The minimum Gasteiger partial charge on any atom is -0.303 e. The average molecular weight is 522 g/mol. The van der Waals surface area contributed by atoms with E-state index in [1.807, 2.05) is 36.4 Å². The molecule has 6 aromatic rings. The van der Waals surface area contributed by atoms with Gasteiger partial charge in [-0.2, -0.15) is 0 Å². The molecular formula is C35H31N5. The summed E-state index contributed by atoms with van der Waals surface area (Å²) in [5.41, 5.74) is 7.35. The molecule has 0 radical (unpaired) electrons. The van der Waals surface area contributed by atoms with E-state index in [9.17, 15) is 0 Å². The largest absolute Gasteiger partial charge is 0.303 e. The number of benzene rings is 4. The van der Waals surface area contributed by atoms with Crippen LogP contribution in [-0.2, 0) is 5.54 Å². The summed E-state index contributed by atoms with van der Waals surface area (Å²) in [6, 6.07) is 39.7. The molecule has 0 amide bonds. The van der Waals surface area contributed by atoms with Crippen LogP contribution < -0.4 is 4.90 Å². The lowest BCUT2D eigenvalue weighted by atomic mass is 9.82. The third-order valence-corrected chi connectivity index (χ3v) is 8.61. The summed E-state index contributed by atoms with van der Waals surface area (Å²) in [4.78, 5) is 18.0. The van der Waals surface area contributed by atoms with Gasteiger partial charge >= 0.3 is 0 Å². The molecule has 196 valence electrons. The maximum atomic E-state index is 5.35. The van der Waals surface area contributed by atoms with E-state index in [1.165, 1.54) is 11.1 Å². The standard InChI is InChI=1S/C35H31N5/c1-34(2)35(3,4)40-32-30(29(25-18-10-6-11-19-25)36-31(38-32)26-20-12-7-13-21-26)37-33(40)39(34)28-23-15-14-22-27(28)24-16-8-5-9-17-24/h5-23H,1-4H3. The third-order valence-electron chi connectivity index (χ3n) is 8.61. The molecule has 7 rings (SSSR count). The van der Waals surface area contributed by atoms with Crippen LogP contribution in [0.4, 0.5) is 11.6 Å². The summed E-state index contributed by atoms with van der Waals surface area (Å²) in [6.45, 7) is 9.17. The average Bonchev–Trinajstić information content (AvgIpc) is 3.44. The van der Waals surface area contributed by atoms with Crippen LogP contribution in [0, 0.1) is 0 Å². The summed E-state index contributed by atoms with van der Waals surface area (Å²) in [5.74, 6) is 1.58. The first-order valence-electron chi connectivity index (χ1n) is 13.7. The van der Waals surface area contributed by atoms with Crippen molar-refractivity contribution >= 4 is 22.8 Å². The van der Waals surface area contributed by atoms with E-state index in [-0.39, 0.29) is 11.1 Å². The summed E-state index contributed by atoms with van der Waals surface area (Å²) >= 11 is 0. The van der Waals surface area contributed by atoms with Crippen LogP contribution in [0.15, 0.2) is 115 Å². The van der Waals surface area contributed by atoms with Crippen LogP contribution in [-0.4, -0.2) is 25.1 Å². The number of fused-ring (bicyclic) bond motifs is 3. The fourth-order valence-corrected chi connectivity index (χ4v) is 5.86. The van der Waals surface area contributed by atoms with Gasteiger partial charge in [-0.15, -0.1) is 0 Å². The second kappa shape index (κ2) is 8.88. The van der Waals surface area contributed by atoms with Gasteiger partial charge in [0.1, 0.15) is 11.2 Å². The molecule has 1 aliphatic heterocycles. The second-order valence-corrected chi connectivity index (χ2v) is 11.4. The van der Waals surface area contributed by atoms with Crippen molar-refractivity contribution in [1.29, 1.82) is 0 Å². The van der Waals surface area contributed by atoms with E-state index in [4.69, 9.17) is 15.0 Å². The van der Waals surface area contributed by atoms with Crippen LogP contribution in [0.1, 0.15) is 27.7 Å². The Kier molecular flexibility index (Phi) is 5.39. The summed E-state index contributed by atoms with van der Waals surface area (Å²) in [6.07, 6.45) is 0. The Morgan fingerprint density at radius 2 is 1.07 bits per heavy atom. The number of hydrogen-bond acceptors (Lipinski definition) is 4. The number of rotatable bonds is 4. The predicted octanol–water partition coefficient (Wildman–Crippen LogP) is 8.49. The number of aromatic nitrogens is 4. The number of nitrogens with zero attached hydrogens (tertiary/aromatic N) is 5. The van der Waals surface area contributed by atoms with Gasteiger partial charge in [-0.3, -0.25) is 4.57 Å². The third kappa shape index (κ3) is 3.51. The van der Waals surface area contributed by atoms with Gasteiger partial charge in [-0.05, 0) is 39.3 Å². The van der Waals surface area contributed by atoms with Crippen LogP contribution in [0.5, 0.6) is 0 Å². The number of anilines is 2. The van der Waals surface area contributed by atoms with Gasteiger partial charge in [0, 0.05) is 16.7 Å². The molecule has 40 heavy (non-hydrogen) atoms. The normalized spacial score (nSPS) is 15.3. The molecule has 0 saturated heterocycles. The zero-order chi connectivity index (χ0) is 27.5. The Morgan fingerprint density at radius 1 is 0.525 bits per heavy atom. The molecule has 5 nitrogen and oxygen atoms in total. The van der Waals surface area contributed by atoms with Gasteiger partial charge in [-0.25, -0.2) is 15.0 Å². The van der Waals surface area contributed by atoms with Gasteiger partial charge in [-0.1, -0.05) is 109 Å². The molecule has 0 atom stereocenters. The molecule has 2 aromatic heterocycles. The molecule has 0 bridgehead atoms. The maximum absolute atomic E-state index is 5.35. The fraction of sp³-hybridized carbons (Fsp3) is 0.171. The van der Waals surface area contributed by atoms with E-state index in [0.717, 1.165) is 39.6 Å². The quantitative estimate of drug-likeness (QED) is 0.233. The molecule has 0 saturated carbocycles. The molecule has 0 spiro atoms. The van der Waals surface area contributed by atoms with Crippen molar-refractivity contribution in [2.45, 2.75) is 38.8 Å². The minimum absolute atomic E-state index is 0.306. The van der Waals surface area contributed by atoms with Crippen molar-refractivity contribution in [2.75, 3.05) is 4.90 Å². The summed E-state index contributed by atoms with van der Waals surface area (Å²) < 4.78 is 2.32. The van der Waals surface area contributed by atoms with Crippen molar-refractivity contribution in [1.82, 2.24) is 19.5 Å². The van der Waals surface area contributed by atoms with Gasteiger partial charge < -0.3 is 4.90 Å². The minimum atomic E-state index is -0.336. The monoisotopic (exact) mass is 521 g/mol. The maximum Gasteiger partial charge on any atom is 0.213 e. The van der Waals surface area contributed by atoms with Crippen molar-refractivity contribution in [3.05, 3.63) is 115 Å². The molecule has 0 N–H and O–H groups in total. The lowest BCUT2D eigenvalue weighted by Crippen LogP contribution is -2.50. The molecular weight excluding hydrogens is 490 g/mol. The smallest absolute Gasteiger partial charge is 0.213 e. The lowest BCUT2D eigenvalue weighted by molar-refractivity contribution is 0.252. The highest BCUT2D eigenvalue weighted by Gasteiger charge is 2.54. The molecule has 5 heteroatoms. The van der Waals surface area contributed by atoms with Gasteiger partial charge in [0.2, 0.25) is 5.95 Å².